The molecular formula is C19H27N3O4S2. The molecule has 0 aromatic heterocycles. The number of amides is 1. The standard InChI is InChI=1S/C19H27N3O4S2/c1-13(2)26-9-3-8-20-18(23)10-14-4-6-15(7-5-14)21-19-22-16-11-28(24,25)12-17(16)27-19/h4-7,13,16-17H,3,8-12H2,1-2H3,(H,20,23)(H,21,22)/t16-,17+/m0/s1. The van der Waals surface area contributed by atoms with Gasteiger partial charge in [-0.1, -0.05) is 23.9 Å². The number of hydrogen-bond donors (Lipinski definition) is 2. The molecule has 1 amide bonds. The number of anilines is 1. The fourth-order valence-electron chi connectivity index (χ4n) is 3.11. The van der Waals surface area contributed by atoms with Crippen molar-refractivity contribution in [1.82, 2.24) is 5.32 Å². The third-order valence-electron chi connectivity index (χ3n) is 4.48. The summed E-state index contributed by atoms with van der Waals surface area (Å²) in [5.74, 6) is 0.345. The van der Waals surface area contributed by atoms with Crippen LogP contribution in [0.15, 0.2) is 29.3 Å². The molecule has 7 nitrogen and oxygen atoms in total. The first-order valence-corrected chi connectivity index (χ1v) is 12.2. The van der Waals surface area contributed by atoms with Crippen molar-refractivity contribution in [2.75, 3.05) is 30.0 Å². The second kappa shape index (κ2) is 9.28. The Morgan fingerprint density at radius 3 is 2.71 bits per heavy atom. The Hall–Kier alpha value is -1.58. The zero-order valence-corrected chi connectivity index (χ0v) is 17.8. The number of sulfone groups is 1. The summed E-state index contributed by atoms with van der Waals surface area (Å²) in [6, 6.07) is 7.51. The average Bonchev–Trinajstić information content (AvgIpc) is 3.08. The maximum absolute atomic E-state index is 12.0. The number of aliphatic imine (C=N–C) groups is 1. The largest absolute Gasteiger partial charge is 0.379 e. The number of benzene rings is 1. The summed E-state index contributed by atoms with van der Waals surface area (Å²) in [4.78, 5) is 16.5. The molecule has 1 aromatic rings. The van der Waals surface area contributed by atoms with Crippen molar-refractivity contribution in [3.63, 3.8) is 0 Å². The molecule has 2 N–H and O–H groups in total. The van der Waals surface area contributed by atoms with Gasteiger partial charge in [0.15, 0.2) is 15.0 Å². The van der Waals surface area contributed by atoms with Crippen LogP contribution in [0.25, 0.3) is 0 Å². The Balaban J connectivity index is 1.41. The first-order chi connectivity index (χ1) is 13.3. The van der Waals surface area contributed by atoms with Gasteiger partial charge in [0.1, 0.15) is 0 Å². The zero-order valence-electron chi connectivity index (χ0n) is 16.2. The van der Waals surface area contributed by atoms with Crippen LogP contribution in [0.4, 0.5) is 5.69 Å². The van der Waals surface area contributed by atoms with Gasteiger partial charge in [0, 0.05) is 24.1 Å². The molecule has 0 bridgehead atoms. The molecule has 9 heteroatoms. The van der Waals surface area contributed by atoms with Gasteiger partial charge in [-0.2, -0.15) is 0 Å². The number of thioether (sulfide) groups is 1. The average molecular weight is 426 g/mol. The van der Waals surface area contributed by atoms with Crippen molar-refractivity contribution >= 4 is 38.4 Å². The van der Waals surface area contributed by atoms with Crippen molar-refractivity contribution < 1.29 is 17.9 Å². The molecule has 2 heterocycles. The number of carbonyl (C=O) groups excluding carboxylic acids is 1. The number of fused-ring (bicyclic) bond motifs is 1. The topological polar surface area (TPSA) is 96.9 Å². The summed E-state index contributed by atoms with van der Waals surface area (Å²) in [7, 11) is -2.93. The van der Waals surface area contributed by atoms with E-state index in [1.54, 1.807) is 0 Å². The van der Waals surface area contributed by atoms with Crippen molar-refractivity contribution in [2.45, 2.75) is 44.1 Å². The molecule has 2 atom stereocenters. The number of carbonyl (C=O) groups is 1. The lowest BCUT2D eigenvalue weighted by Gasteiger charge is -2.09. The normalized spacial score (nSPS) is 22.8. The number of nitrogens with one attached hydrogen (secondary N) is 2. The minimum atomic E-state index is -2.93. The Morgan fingerprint density at radius 2 is 2.04 bits per heavy atom. The first-order valence-electron chi connectivity index (χ1n) is 9.50. The lowest BCUT2D eigenvalue weighted by molar-refractivity contribution is -0.120. The molecule has 1 saturated heterocycles. The van der Waals surface area contributed by atoms with Gasteiger partial charge in [0.2, 0.25) is 5.91 Å². The molecule has 1 aromatic carbocycles. The van der Waals surface area contributed by atoms with Gasteiger partial charge in [0.05, 0.1) is 30.1 Å². The lowest BCUT2D eigenvalue weighted by Crippen LogP contribution is -2.27. The Bertz CT molecular complexity index is 822. The van der Waals surface area contributed by atoms with Gasteiger partial charge >= 0.3 is 0 Å². The fraction of sp³-hybridized carbons (Fsp3) is 0.579. The number of nitrogens with zero attached hydrogens (tertiary/aromatic N) is 1. The van der Waals surface area contributed by atoms with Crippen LogP contribution in [0, 0.1) is 0 Å². The van der Waals surface area contributed by atoms with Gasteiger partial charge in [0.25, 0.3) is 0 Å². The van der Waals surface area contributed by atoms with Gasteiger partial charge in [-0.15, -0.1) is 0 Å². The Labute approximate surface area is 170 Å². The van der Waals surface area contributed by atoms with E-state index in [0.717, 1.165) is 22.8 Å². The van der Waals surface area contributed by atoms with Crippen LogP contribution >= 0.6 is 11.8 Å². The van der Waals surface area contributed by atoms with Crippen LogP contribution in [0.5, 0.6) is 0 Å². The van der Waals surface area contributed by atoms with E-state index in [-0.39, 0.29) is 34.8 Å². The summed E-state index contributed by atoms with van der Waals surface area (Å²) >= 11 is 1.49. The highest BCUT2D eigenvalue weighted by atomic mass is 32.2. The molecule has 0 spiro atoms. The van der Waals surface area contributed by atoms with Crippen LogP contribution in [-0.4, -0.2) is 61.5 Å². The summed E-state index contributed by atoms with van der Waals surface area (Å²) in [5.41, 5.74) is 1.81. The molecule has 154 valence electrons. The van der Waals surface area contributed by atoms with E-state index in [0.29, 0.717) is 19.6 Å². The Kier molecular flexibility index (Phi) is 7.00. The van der Waals surface area contributed by atoms with E-state index in [4.69, 9.17) is 4.74 Å². The monoisotopic (exact) mass is 425 g/mol. The minimum absolute atomic E-state index is 0.00462. The quantitative estimate of drug-likeness (QED) is 0.617. The number of rotatable bonds is 8. The fourth-order valence-corrected chi connectivity index (χ4v) is 6.79. The molecule has 28 heavy (non-hydrogen) atoms. The van der Waals surface area contributed by atoms with Gasteiger partial charge < -0.3 is 15.4 Å². The van der Waals surface area contributed by atoms with Crippen molar-refractivity contribution in [1.29, 1.82) is 0 Å². The summed E-state index contributed by atoms with van der Waals surface area (Å²) in [5, 5.41) is 6.93. The first kappa shape index (κ1) is 21.1. The lowest BCUT2D eigenvalue weighted by atomic mass is 10.1. The van der Waals surface area contributed by atoms with E-state index in [9.17, 15) is 13.2 Å². The molecule has 0 unspecified atom stereocenters. The number of ether oxygens (including phenoxy) is 1. The highest BCUT2D eigenvalue weighted by Gasteiger charge is 2.42. The van der Waals surface area contributed by atoms with E-state index >= 15 is 0 Å². The molecule has 3 rings (SSSR count). The van der Waals surface area contributed by atoms with E-state index in [1.807, 2.05) is 38.1 Å². The minimum Gasteiger partial charge on any atom is -0.379 e. The SMILES string of the molecule is CC(C)OCCCNC(=O)Cc1ccc(NC2=N[C@H]3CS(=O)(=O)C[C@H]3S2)cc1. The van der Waals surface area contributed by atoms with Crippen molar-refractivity contribution in [3.05, 3.63) is 29.8 Å². The smallest absolute Gasteiger partial charge is 0.224 e. The van der Waals surface area contributed by atoms with E-state index < -0.39 is 9.84 Å². The van der Waals surface area contributed by atoms with Gasteiger partial charge in [-0.25, -0.2) is 8.42 Å². The Morgan fingerprint density at radius 1 is 1.29 bits per heavy atom. The predicted molar refractivity (Wildman–Crippen MR) is 114 cm³/mol. The van der Waals surface area contributed by atoms with Gasteiger partial charge in [-0.05, 0) is 38.0 Å². The van der Waals surface area contributed by atoms with Crippen LogP contribution in [0.1, 0.15) is 25.8 Å². The highest BCUT2D eigenvalue weighted by molar-refractivity contribution is 8.15. The van der Waals surface area contributed by atoms with Crippen LogP contribution in [-0.2, 0) is 25.8 Å². The molecule has 0 saturated carbocycles. The summed E-state index contributed by atoms with van der Waals surface area (Å²) < 4.78 is 28.7. The molecule has 0 radical (unpaired) electrons. The van der Waals surface area contributed by atoms with Crippen LogP contribution in [0.2, 0.25) is 0 Å². The summed E-state index contributed by atoms with van der Waals surface area (Å²) in [6.45, 7) is 5.24. The van der Waals surface area contributed by atoms with Gasteiger partial charge in [-0.3, -0.25) is 9.79 Å². The zero-order chi connectivity index (χ0) is 20.1. The molecule has 2 aliphatic heterocycles. The van der Waals surface area contributed by atoms with Crippen molar-refractivity contribution in [2.24, 2.45) is 4.99 Å². The number of amidine groups is 1. The molecular weight excluding hydrogens is 398 g/mol. The van der Waals surface area contributed by atoms with E-state index in [2.05, 4.69) is 15.6 Å². The number of hydrogen-bond acceptors (Lipinski definition) is 7. The van der Waals surface area contributed by atoms with E-state index in [1.165, 1.54) is 11.8 Å². The van der Waals surface area contributed by atoms with Crippen LogP contribution in [0.3, 0.4) is 0 Å². The summed E-state index contributed by atoms with van der Waals surface area (Å²) in [6.07, 6.45) is 1.35. The second-order valence-corrected chi connectivity index (χ2v) is 10.7. The third-order valence-corrected chi connectivity index (χ3v) is 7.62. The highest BCUT2D eigenvalue weighted by Crippen LogP contribution is 2.34. The molecule has 0 aliphatic carbocycles. The third kappa shape index (κ3) is 6.22. The van der Waals surface area contributed by atoms with Crippen molar-refractivity contribution in [3.8, 4) is 0 Å². The van der Waals surface area contributed by atoms with Crippen LogP contribution < -0.4 is 10.6 Å². The second-order valence-electron chi connectivity index (χ2n) is 7.36. The molecule has 1 fully saturated rings. The maximum Gasteiger partial charge on any atom is 0.224 e. The maximum atomic E-state index is 12.0. The molecule has 2 aliphatic rings. The predicted octanol–water partition coefficient (Wildman–Crippen LogP) is 1.84.